The molecular formula is C13H23N3O2. The van der Waals surface area contributed by atoms with Crippen molar-refractivity contribution in [2.24, 2.45) is 0 Å². The van der Waals surface area contributed by atoms with Gasteiger partial charge in [-0.25, -0.2) is 0 Å². The van der Waals surface area contributed by atoms with Crippen LogP contribution in [0, 0.1) is 0 Å². The Labute approximate surface area is 109 Å². The maximum atomic E-state index is 5.83. The Morgan fingerprint density at radius 2 is 2.11 bits per heavy atom. The highest BCUT2D eigenvalue weighted by Crippen LogP contribution is 2.22. The van der Waals surface area contributed by atoms with Crippen molar-refractivity contribution in [3.63, 3.8) is 0 Å². The second kappa shape index (κ2) is 7.76. The van der Waals surface area contributed by atoms with Gasteiger partial charge in [0.25, 0.3) is 0 Å². The van der Waals surface area contributed by atoms with Gasteiger partial charge in [-0.2, -0.15) is 4.98 Å². The fourth-order valence-corrected chi connectivity index (χ4v) is 1.53. The van der Waals surface area contributed by atoms with Gasteiger partial charge in [0.1, 0.15) is 5.82 Å². The summed E-state index contributed by atoms with van der Waals surface area (Å²) >= 11 is 0. The van der Waals surface area contributed by atoms with Crippen molar-refractivity contribution in [2.45, 2.75) is 19.8 Å². The maximum Gasteiger partial charge on any atom is 0.239 e. The first-order chi connectivity index (χ1) is 8.69. The fraction of sp³-hybridized carbons (Fsp3) is 0.615. The summed E-state index contributed by atoms with van der Waals surface area (Å²) in [4.78, 5) is 6.49. The van der Waals surface area contributed by atoms with Crippen LogP contribution in [0.4, 0.5) is 11.5 Å². The predicted octanol–water partition coefficient (Wildman–Crippen LogP) is 1.93. The van der Waals surface area contributed by atoms with Gasteiger partial charge in [-0.1, -0.05) is 6.92 Å². The molecule has 5 nitrogen and oxygen atoms in total. The van der Waals surface area contributed by atoms with Gasteiger partial charge in [-0.15, -0.1) is 0 Å². The molecule has 1 aromatic rings. The van der Waals surface area contributed by atoms with E-state index in [0.29, 0.717) is 18.2 Å². The fourth-order valence-electron chi connectivity index (χ4n) is 1.53. The molecule has 0 radical (unpaired) electrons. The van der Waals surface area contributed by atoms with E-state index in [1.54, 1.807) is 7.11 Å². The molecule has 2 N–H and O–H groups in total. The maximum absolute atomic E-state index is 5.83. The van der Waals surface area contributed by atoms with Gasteiger partial charge < -0.3 is 20.1 Å². The molecule has 1 heterocycles. The van der Waals surface area contributed by atoms with Crippen LogP contribution in [-0.4, -0.2) is 38.9 Å². The standard InChI is InChI=1S/C13H23N3O2/c1-4-9-18-13-11(14)6-7-12(15-13)16(2)8-5-10-17-3/h6-7H,4-5,8-10,14H2,1-3H3. The monoisotopic (exact) mass is 253 g/mol. The van der Waals surface area contributed by atoms with Crippen molar-refractivity contribution < 1.29 is 9.47 Å². The van der Waals surface area contributed by atoms with Gasteiger partial charge in [-0.3, -0.25) is 0 Å². The summed E-state index contributed by atoms with van der Waals surface area (Å²) in [5, 5.41) is 0. The minimum absolute atomic E-state index is 0.521. The lowest BCUT2D eigenvalue weighted by Crippen LogP contribution is -2.21. The van der Waals surface area contributed by atoms with Gasteiger partial charge in [0.2, 0.25) is 5.88 Å². The molecule has 0 unspecified atom stereocenters. The first-order valence-electron chi connectivity index (χ1n) is 6.28. The molecule has 0 saturated heterocycles. The van der Waals surface area contributed by atoms with Gasteiger partial charge >= 0.3 is 0 Å². The van der Waals surface area contributed by atoms with Crippen molar-refractivity contribution >= 4 is 11.5 Å². The first-order valence-corrected chi connectivity index (χ1v) is 6.28. The number of anilines is 2. The Morgan fingerprint density at radius 1 is 1.33 bits per heavy atom. The molecule has 0 saturated carbocycles. The zero-order valence-electron chi connectivity index (χ0n) is 11.5. The van der Waals surface area contributed by atoms with Crippen LogP contribution < -0.4 is 15.4 Å². The molecule has 0 amide bonds. The largest absolute Gasteiger partial charge is 0.476 e. The molecule has 0 atom stereocenters. The SMILES string of the molecule is CCCOc1nc(N(C)CCCOC)ccc1N. The first kappa shape index (κ1) is 14.6. The zero-order chi connectivity index (χ0) is 13.4. The minimum atomic E-state index is 0.521. The number of hydrogen-bond acceptors (Lipinski definition) is 5. The molecule has 5 heteroatoms. The van der Waals surface area contributed by atoms with Crippen molar-refractivity contribution in [3.8, 4) is 5.88 Å². The molecule has 18 heavy (non-hydrogen) atoms. The highest BCUT2D eigenvalue weighted by molar-refractivity contribution is 5.54. The second-order valence-corrected chi connectivity index (χ2v) is 4.18. The molecule has 0 fully saturated rings. The van der Waals surface area contributed by atoms with Crippen molar-refractivity contribution in [1.29, 1.82) is 0 Å². The summed E-state index contributed by atoms with van der Waals surface area (Å²) in [6.45, 7) is 4.32. The third kappa shape index (κ3) is 4.41. The molecule has 102 valence electrons. The smallest absolute Gasteiger partial charge is 0.239 e. The van der Waals surface area contributed by atoms with E-state index >= 15 is 0 Å². The highest BCUT2D eigenvalue weighted by atomic mass is 16.5. The van der Waals surface area contributed by atoms with E-state index in [2.05, 4.69) is 16.8 Å². The molecule has 0 aliphatic rings. The van der Waals surface area contributed by atoms with E-state index in [4.69, 9.17) is 15.2 Å². The minimum Gasteiger partial charge on any atom is -0.476 e. The average Bonchev–Trinajstić information content (AvgIpc) is 2.38. The third-order valence-corrected chi connectivity index (χ3v) is 2.55. The number of aromatic nitrogens is 1. The lowest BCUT2D eigenvalue weighted by Gasteiger charge is -2.19. The molecule has 1 rings (SSSR count). The van der Waals surface area contributed by atoms with Crippen LogP contribution in [0.25, 0.3) is 0 Å². The van der Waals surface area contributed by atoms with Crippen LogP contribution >= 0.6 is 0 Å². The van der Waals surface area contributed by atoms with Crippen LogP contribution in [0.2, 0.25) is 0 Å². The predicted molar refractivity (Wildman–Crippen MR) is 74.2 cm³/mol. The summed E-state index contributed by atoms with van der Waals surface area (Å²) in [5.41, 5.74) is 6.41. The summed E-state index contributed by atoms with van der Waals surface area (Å²) in [5.74, 6) is 1.39. The Bertz CT molecular complexity index is 358. The number of methoxy groups -OCH3 is 1. The Balaban J connectivity index is 2.64. The van der Waals surface area contributed by atoms with Crippen LogP contribution in [0.15, 0.2) is 12.1 Å². The zero-order valence-corrected chi connectivity index (χ0v) is 11.5. The number of pyridine rings is 1. The van der Waals surface area contributed by atoms with Crippen LogP contribution in [-0.2, 0) is 4.74 Å². The highest BCUT2D eigenvalue weighted by Gasteiger charge is 2.07. The summed E-state index contributed by atoms with van der Waals surface area (Å²) in [6.07, 6.45) is 1.90. The van der Waals surface area contributed by atoms with E-state index in [9.17, 15) is 0 Å². The van der Waals surface area contributed by atoms with Crippen LogP contribution in [0.5, 0.6) is 5.88 Å². The normalized spacial score (nSPS) is 10.4. The number of nitrogens with zero attached hydrogens (tertiary/aromatic N) is 2. The van der Waals surface area contributed by atoms with Crippen molar-refractivity contribution in [2.75, 3.05) is 44.5 Å². The summed E-state index contributed by atoms with van der Waals surface area (Å²) in [7, 11) is 3.70. The van der Waals surface area contributed by atoms with E-state index in [-0.39, 0.29) is 0 Å². The van der Waals surface area contributed by atoms with E-state index < -0.39 is 0 Å². The average molecular weight is 253 g/mol. The lowest BCUT2D eigenvalue weighted by molar-refractivity contribution is 0.196. The molecule has 0 bridgehead atoms. The number of nitrogens with two attached hydrogens (primary N) is 1. The molecule has 1 aromatic heterocycles. The third-order valence-electron chi connectivity index (χ3n) is 2.55. The molecule has 0 aliphatic carbocycles. The van der Waals surface area contributed by atoms with Gasteiger partial charge in [-0.05, 0) is 25.0 Å². The Kier molecular flexibility index (Phi) is 6.28. The van der Waals surface area contributed by atoms with E-state index in [1.165, 1.54) is 0 Å². The Hall–Kier alpha value is -1.49. The molecule has 0 aliphatic heterocycles. The number of rotatable bonds is 8. The van der Waals surface area contributed by atoms with Gasteiger partial charge in [0.15, 0.2) is 0 Å². The number of nitrogen functional groups attached to an aromatic ring is 1. The number of hydrogen-bond donors (Lipinski definition) is 1. The summed E-state index contributed by atoms with van der Waals surface area (Å²) < 4.78 is 10.5. The quantitative estimate of drug-likeness (QED) is 0.717. The van der Waals surface area contributed by atoms with Gasteiger partial charge in [0, 0.05) is 27.3 Å². The van der Waals surface area contributed by atoms with E-state index in [0.717, 1.165) is 31.8 Å². The van der Waals surface area contributed by atoms with Crippen molar-refractivity contribution in [1.82, 2.24) is 4.98 Å². The second-order valence-electron chi connectivity index (χ2n) is 4.18. The van der Waals surface area contributed by atoms with E-state index in [1.807, 2.05) is 19.2 Å². The topological polar surface area (TPSA) is 60.6 Å². The van der Waals surface area contributed by atoms with Crippen LogP contribution in [0.1, 0.15) is 19.8 Å². The number of ether oxygens (including phenoxy) is 2. The van der Waals surface area contributed by atoms with Crippen molar-refractivity contribution in [3.05, 3.63) is 12.1 Å². The van der Waals surface area contributed by atoms with Gasteiger partial charge in [0.05, 0.1) is 12.3 Å². The molecular weight excluding hydrogens is 230 g/mol. The molecule has 0 spiro atoms. The van der Waals surface area contributed by atoms with Crippen LogP contribution in [0.3, 0.4) is 0 Å². The lowest BCUT2D eigenvalue weighted by atomic mass is 10.3. The molecule has 0 aromatic carbocycles. The summed E-state index contributed by atoms with van der Waals surface area (Å²) in [6, 6.07) is 3.74. The Morgan fingerprint density at radius 3 is 2.78 bits per heavy atom.